The van der Waals surface area contributed by atoms with Gasteiger partial charge in [-0.15, -0.1) is 0 Å². The largest absolute Gasteiger partial charge is 0.342 e. The number of rotatable bonds is 8. The average molecular weight is 292 g/mol. The van der Waals surface area contributed by atoms with E-state index in [2.05, 4.69) is 12.2 Å². The van der Waals surface area contributed by atoms with Gasteiger partial charge >= 0.3 is 0 Å². The van der Waals surface area contributed by atoms with Gasteiger partial charge in [0.15, 0.2) is 0 Å². The summed E-state index contributed by atoms with van der Waals surface area (Å²) in [5, 5.41) is 3.01. The second kappa shape index (κ2) is 6.37. The minimum absolute atomic E-state index is 0.113. The molecule has 1 aliphatic heterocycles. The lowest BCUT2D eigenvalue weighted by atomic mass is 9.99. The third kappa shape index (κ3) is 3.41. The zero-order valence-electron chi connectivity index (χ0n) is 13.1. The molecule has 4 nitrogen and oxygen atoms in total. The lowest BCUT2D eigenvalue weighted by Gasteiger charge is -2.39. The molecule has 2 aliphatic carbocycles. The Morgan fingerprint density at radius 1 is 1.00 bits per heavy atom. The van der Waals surface area contributed by atoms with Crippen molar-refractivity contribution < 1.29 is 9.59 Å². The summed E-state index contributed by atoms with van der Waals surface area (Å²) in [7, 11) is 0. The third-order valence-corrected chi connectivity index (χ3v) is 5.12. The van der Waals surface area contributed by atoms with E-state index in [1.165, 1.54) is 25.7 Å². The molecule has 0 spiro atoms. The lowest BCUT2D eigenvalue weighted by Crippen LogP contribution is -2.64. The second-order valence-corrected chi connectivity index (χ2v) is 7.05. The van der Waals surface area contributed by atoms with Gasteiger partial charge in [-0.05, 0) is 43.9 Å². The van der Waals surface area contributed by atoms with Gasteiger partial charge in [0.25, 0.3) is 0 Å². The molecule has 21 heavy (non-hydrogen) atoms. The fraction of sp³-hybridized carbons (Fsp3) is 0.882. The zero-order valence-corrected chi connectivity index (χ0v) is 13.1. The number of hydrogen-bond donors (Lipinski definition) is 1. The molecule has 4 heteroatoms. The number of nitrogens with zero attached hydrogens (tertiary/aromatic N) is 1. The van der Waals surface area contributed by atoms with Crippen molar-refractivity contribution >= 4 is 11.8 Å². The minimum Gasteiger partial charge on any atom is -0.342 e. The van der Waals surface area contributed by atoms with Crippen molar-refractivity contribution in [1.29, 1.82) is 0 Å². The van der Waals surface area contributed by atoms with E-state index >= 15 is 0 Å². The molecule has 3 rings (SSSR count). The fourth-order valence-electron chi connectivity index (χ4n) is 3.52. The Labute approximate surface area is 127 Å². The smallest absolute Gasteiger partial charge is 0.246 e. The van der Waals surface area contributed by atoms with E-state index in [9.17, 15) is 9.59 Å². The van der Waals surface area contributed by atoms with Crippen molar-refractivity contribution in [3.8, 4) is 0 Å². The van der Waals surface area contributed by atoms with Gasteiger partial charge in [0.1, 0.15) is 12.1 Å². The molecule has 118 valence electrons. The normalized spacial score (nSPS) is 29.7. The summed E-state index contributed by atoms with van der Waals surface area (Å²) < 4.78 is 0. The van der Waals surface area contributed by atoms with E-state index in [-0.39, 0.29) is 23.9 Å². The van der Waals surface area contributed by atoms with Crippen LogP contribution < -0.4 is 5.32 Å². The van der Waals surface area contributed by atoms with Gasteiger partial charge in [-0.25, -0.2) is 0 Å². The van der Waals surface area contributed by atoms with Gasteiger partial charge in [-0.1, -0.05) is 32.6 Å². The SMILES string of the molecule is CCCCCCCN1C(=O)C(C2CC2)NC(=O)C1C1CC1. The number of unbranched alkanes of at least 4 members (excludes halogenated alkanes) is 4. The highest BCUT2D eigenvalue weighted by atomic mass is 16.2. The van der Waals surface area contributed by atoms with Crippen LogP contribution in [0.3, 0.4) is 0 Å². The number of hydrogen-bond acceptors (Lipinski definition) is 2. The predicted molar refractivity (Wildman–Crippen MR) is 81.6 cm³/mol. The summed E-state index contributed by atoms with van der Waals surface area (Å²) in [5.41, 5.74) is 0. The van der Waals surface area contributed by atoms with E-state index in [0.29, 0.717) is 11.8 Å². The summed E-state index contributed by atoms with van der Waals surface area (Å²) in [6.45, 7) is 2.99. The highest BCUT2D eigenvalue weighted by molar-refractivity contribution is 5.97. The topological polar surface area (TPSA) is 49.4 Å². The number of nitrogens with one attached hydrogen (secondary N) is 1. The van der Waals surface area contributed by atoms with Crippen LogP contribution in [0.15, 0.2) is 0 Å². The van der Waals surface area contributed by atoms with Gasteiger partial charge in [0.05, 0.1) is 0 Å². The van der Waals surface area contributed by atoms with E-state index in [1.807, 2.05) is 4.90 Å². The van der Waals surface area contributed by atoms with Crippen LogP contribution in [-0.2, 0) is 9.59 Å². The maximum absolute atomic E-state index is 12.7. The Balaban J connectivity index is 1.60. The Hall–Kier alpha value is -1.06. The molecule has 0 aromatic carbocycles. The van der Waals surface area contributed by atoms with Crippen LogP contribution >= 0.6 is 0 Å². The highest BCUT2D eigenvalue weighted by Crippen LogP contribution is 2.40. The minimum atomic E-state index is -0.219. The van der Waals surface area contributed by atoms with Gasteiger partial charge in [-0.3, -0.25) is 9.59 Å². The van der Waals surface area contributed by atoms with Crippen molar-refractivity contribution in [3.05, 3.63) is 0 Å². The zero-order chi connectivity index (χ0) is 14.8. The first kappa shape index (κ1) is 14.9. The molecule has 1 N–H and O–H groups in total. The molecule has 2 amide bonds. The van der Waals surface area contributed by atoms with Crippen molar-refractivity contribution in [2.75, 3.05) is 6.54 Å². The first-order valence-corrected chi connectivity index (χ1v) is 8.83. The Morgan fingerprint density at radius 3 is 2.29 bits per heavy atom. The molecule has 0 aromatic heterocycles. The maximum atomic E-state index is 12.7. The van der Waals surface area contributed by atoms with Gasteiger partial charge in [0.2, 0.25) is 11.8 Å². The van der Waals surface area contributed by atoms with Crippen LogP contribution in [0.4, 0.5) is 0 Å². The van der Waals surface area contributed by atoms with Crippen LogP contribution in [0, 0.1) is 11.8 Å². The average Bonchev–Trinajstić information content (AvgIpc) is 3.34. The molecule has 0 aromatic rings. The Morgan fingerprint density at radius 2 is 1.67 bits per heavy atom. The van der Waals surface area contributed by atoms with Crippen LogP contribution in [0.1, 0.15) is 64.7 Å². The van der Waals surface area contributed by atoms with Gasteiger partial charge < -0.3 is 10.2 Å². The summed E-state index contributed by atoms with van der Waals surface area (Å²) in [5.74, 6) is 1.14. The molecular formula is C17H28N2O2. The molecule has 2 unspecified atom stereocenters. The van der Waals surface area contributed by atoms with E-state index in [1.54, 1.807) is 0 Å². The first-order chi connectivity index (χ1) is 10.2. The molecule has 3 aliphatic rings. The van der Waals surface area contributed by atoms with Crippen LogP contribution in [0.2, 0.25) is 0 Å². The van der Waals surface area contributed by atoms with Crippen molar-refractivity contribution in [3.63, 3.8) is 0 Å². The third-order valence-electron chi connectivity index (χ3n) is 5.12. The molecule has 0 radical (unpaired) electrons. The standard InChI is InChI=1S/C17H28N2O2/c1-2-3-4-5-6-11-19-15(13-9-10-13)16(20)18-14(17(19)21)12-7-8-12/h12-15H,2-11H2,1H3,(H,18,20). The molecule has 0 bridgehead atoms. The Bertz CT molecular complexity index is 402. The molecule has 1 heterocycles. The predicted octanol–water partition coefficient (Wildman–Crippen LogP) is 2.47. The van der Waals surface area contributed by atoms with Crippen LogP contribution in [0.25, 0.3) is 0 Å². The fourth-order valence-corrected chi connectivity index (χ4v) is 3.52. The van der Waals surface area contributed by atoms with E-state index in [0.717, 1.165) is 38.6 Å². The van der Waals surface area contributed by atoms with Gasteiger partial charge in [0, 0.05) is 6.54 Å². The second-order valence-electron chi connectivity index (χ2n) is 7.05. The number of carbonyl (C=O) groups is 2. The van der Waals surface area contributed by atoms with Crippen molar-refractivity contribution in [2.45, 2.75) is 76.8 Å². The molecule has 3 fully saturated rings. The summed E-state index contributed by atoms with van der Waals surface area (Å²) in [4.78, 5) is 27.1. The van der Waals surface area contributed by atoms with Crippen LogP contribution in [0.5, 0.6) is 0 Å². The summed E-state index contributed by atoms with van der Waals surface area (Å²) >= 11 is 0. The van der Waals surface area contributed by atoms with E-state index < -0.39 is 0 Å². The molecule has 1 saturated heterocycles. The molecular weight excluding hydrogens is 264 g/mol. The molecule has 2 atom stereocenters. The summed E-state index contributed by atoms with van der Waals surface area (Å²) in [6, 6.07) is -0.387. The maximum Gasteiger partial charge on any atom is 0.246 e. The first-order valence-electron chi connectivity index (χ1n) is 8.83. The van der Waals surface area contributed by atoms with Crippen LogP contribution in [-0.4, -0.2) is 35.3 Å². The molecule has 2 saturated carbocycles. The monoisotopic (exact) mass is 292 g/mol. The number of carbonyl (C=O) groups excluding carboxylic acids is 2. The van der Waals surface area contributed by atoms with Crippen molar-refractivity contribution in [1.82, 2.24) is 10.2 Å². The van der Waals surface area contributed by atoms with Gasteiger partial charge in [-0.2, -0.15) is 0 Å². The number of piperazine rings is 1. The quantitative estimate of drug-likeness (QED) is 0.699. The summed E-state index contributed by atoms with van der Waals surface area (Å²) in [6.07, 6.45) is 10.3. The lowest BCUT2D eigenvalue weighted by molar-refractivity contribution is -0.151. The van der Waals surface area contributed by atoms with E-state index in [4.69, 9.17) is 0 Å². The number of amides is 2. The van der Waals surface area contributed by atoms with Crippen molar-refractivity contribution in [2.24, 2.45) is 11.8 Å². The highest BCUT2D eigenvalue weighted by Gasteiger charge is 2.50. The Kier molecular flexibility index (Phi) is 4.51.